The standard InChI is InChI=1S/C20H19N3O3S2/c24-19(10-9-17-8-7-16-4-1-2-5-18(16)21-17)22-11-13-23(14-12-22)28(25,26)20-6-3-15-27-20/h1-10,15H,11-14H2/b10-9+. The van der Waals surface area contributed by atoms with Crippen molar-refractivity contribution >= 4 is 44.2 Å². The third-order valence-electron chi connectivity index (χ3n) is 4.66. The molecule has 0 aliphatic carbocycles. The number of piperazine rings is 1. The van der Waals surface area contributed by atoms with Crippen LogP contribution in [0.5, 0.6) is 0 Å². The highest BCUT2D eigenvalue weighted by atomic mass is 32.2. The molecule has 1 fully saturated rings. The van der Waals surface area contributed by atoms with Crippen LogP contribution in [-0.2, 0) is 14.8 Å². The summed E-state index contributed by atoms with van der Waals surface area (Å²) in [5.74, 6) is -0.136. The number of pyridine rings is 1. The number of para-hydroxylation sites is 1. The fourth-order valence-corrected chi connectivity index (χ4v) is 5.69. The maximum absolute atomic E-state index is 12.6. The van der Waals surface area contributed by atoms with E-state index in [4.69, 9.17) is 0 Å². The number of sulfonamides is 1. The SMILES string of the molecule is O=C(/C=C/c1ccc2ccccc2n1)N1CCN(S(=O)(=O)c2cccs2)CC1. The summed E-state index contributed by atoms with van der Waals surface area (Å²) in [5.41, 5.74) is 1.59. The van der Waals surface area contributed by atoms with Crippen molar-refractivity contribution in [2.24, 2.45) is 0 Å². The van der Waals surface area contributed by atoms with Gasteiger partial charge in [-0.25, -0.2) is 13.4 Å². The van der Waals surface area contributed by atoms with Gasteiger partial charge in [0, 0.05) is 37.6 Å². The number of hydrogen-bond donors (Lipinski definition) is 0. The van der Waals surface area contributed by atoms with E-state index in [1.54, 1.807) is 28.5 Å². The van der Waals surface area contributed by atoms with E-state index in [0.717, 1.165) is 10.9 Å². The molecule has 0 radical (unpaired) electrons. The Morgan fingerprint density at radius 3 is 2.54 bits per heavy atom. The quantitative estimate of drug-likeness (QED) is 0.617. The monoisotopic (exact) mass is 413 g/mol. The number of fused-ring (bicyclic) bond motifs is 1. The highest BCUT2D eigenvalue weighted by Crippen LogP contribution is 2.22. The van der Waals surface area contributed by atoms with Gasteiger partial charge in [-0.2, -0.15) is 4.31 Å². The minimum absolute atomic E-state index is 0.136. The lowest BCUT2D eigenvalue weighted by Crippen LogP contribution is -2.50. The molecular formula is C20H19N3O3S2. The van der Waals surface area contributed by atoms with Gasteiger partial charge < -0.3 is 4.90 Å². The maximum Gasteiger partial charge on any atom is 0.252 e. The first-order chi connectivity index (χ1) is 13.5. The van der Waals surface area contributed by atoms with E-state index in [1.165, 1.54) is 21.7 Å². The minimum Gasteiger partial charge on any atom is -0.337 e. The van der Waals surface area contributed by atoms with E-state index < -0.39 is 10.0 Å². The van der Waals surface area contributed by atoms with Crippen molar-refractivity contribution in [2.45, 2.75) is 4.21 Å². The van der Waals surface area contributed by atoms with Gasteiger partial charge in [-0.1, -0.05) is 30.3 Å². The fraction of sp³-hybridized carbons (Fsp3) is 0.200. The molecule has 0 spiro atoms. The average Bonchev–Trinajstić information content (AvgIpc) is 3.28. The molecule has 1 aromatic carbocycles. The summed E-state index contributed by atoms with van der Waals surface area (Å²) in [4.78, 5) is 18.7. The highest BCUT2D eigenvalue weighted by molar-refractivity contribution is 7.91. The number of carbonyl (C=O) groups excluding carboxylic acids is 1. The summed E-state index contributed by atoms with van der Waals surface area (Å²) in [6.07, 6.45) is 3.20. The molecule has 1 saturated heterocycles. The van der Waals surface area contributed by atoms with Gasteiger partial charge in [0.25, 0.3) is 10.0 Å². The average molecular weight is 414 g/mol. The Bertz CT molecular complexity index is 1120. The van der Waals surface area contributed by atoms with Crippen molar-refractivity contribution in [1.82, 2.24) is 14.2 Å². The number of hydrogen-bond acceptors (Lipinski definition) is 5. The first-order valence-corrected chi connectivity index (χ1v) is 11.2. The van der Waals surface area contributed by atoms with E-state index in [-0.39, 0.29) is 5.91 Å². The van der Waals surface area contributed by atoms with E-state index in [0.29, 0.717) is 36.1 Å². The van der Waals surface area contributed by atoms with Crippen LogP contribution in [0.4, 0.5) is 0 Å². The fourth-order valence-electron chi connectivity index (χ4n) is 3.12. The largest absolute Gasteiger partial charge is 0.337 e. The summed E-state index contributed by atoms with van der Waals surface area (Å²) in [5, 5.41) is 2.80. The van der Waals surface area contributed by atoms with Crippen LogP contribution >= 0.6 is 11.3 Å². The van der Waals surface area contributed by atoms with Crippen LogP contribution in [0.3, 0.4) is 0 Å². The Labute approximate surface area is 167 Å². The van der Waals surface area contributed by atoms with E-state index in [2.05, 4.69) is 4.98 Å². The van der Waals surface area contributed by atoms with Crippen molar-refractivity contribution in [2.75, 3.05) is 26.2 Å². The molecule has 3 heterocycles. The van der Waals surface area contributed by atoms with Crippen LogP contribution in [0.15, 0.2) is 64.2 Å². The number of aromatic nitrogens is 1. The van der Waals surface area contributed by atoms with Crippen molar-refractivity contribution in [3.05, 3.63) is 65.7 Å². The van der Waals surface area contributed by atoms with Gasteiger partial charge in [-0.05, 0) is 29.7 Å². The zero-order valence-corrected chi connectivity index (χ0v) is 16.7. The minimum atomic E-state index is -3.46. The van der Waals surface area contributed by atoms with Crippen LogP contribution in [0.2, 0.25) is 0 Å². The molecule has 4 rings (SSSR count). The van der Waals surface area contributed by atoms with E-state index in [1.807, 2.05) is 36.4 Å². The third-order valence-corrected chi connectivity index (χ3v) is 7.93. The van der Waals surface area contributed by atoms with Crippen LogP contribution in [0.25, 0.3) is 17.0 Å². The molecule has 1 aliphatic heterocycles. The molecular weight excluding hydrogens is 394 g/mol. The topological polar surface area (TPSA) is 70.6 Å². The summed E-state index contributed by atoms with van der Waals surface area (Å²) in [6.45, 7) is 1.35. The molecule has 1 amide bonds. The Morgan fingerprint density at radius 1 is 1.00 bits per heavy atom. The first kappa shape index (κ1) is 18.8. The summed E-state index contributed by atoms with van der Waals surface area (Å²) < 4.78 is 26.9. The number of nitrogens with zero attached hydrogens (tertiary/aromatic N) is 3. The van der Waals surface area contributed by atoms with Gasteiger partial charge in [0.05, 0.1) is 11.2 Å². The molecule has 8 heteroatoms. The van der Waals surface area contributed by atoms with Gasteiger partial charge in [0.2, 0.25) is 5.91 Å². The summed E-state index contributed by atoms with van der Waals surface area (Å²) in [7, 11) is -3.46. The second-order valence-corrected chi connectivity index (χ2v) is 9.54. The van der Waals surface area contributed by atoms with Crippen LogP contribution < -0.4 is 0 Å². The van der Waals surface area contributed by atoms with Crippen molar-refractivity contribution in [3.63, 3.8) is 0 Å². The Hall–Kier alpha value is -2.55. The third kappa shape index (κ3) is 3.84. The number of amides is 1. The second kappa shape index (κ2) is 7.83. The Kier molecular flexibility index (Phi) is 5.25. The van der Waals surface area contributed by atoms with E-state index >= 15 is 0 Å². The molecule has 1 aliphatic rings. The zero-order valence-electron chi connectivity index (χ0n) is 15.1. The Morgan fingerprint density at radius 2 is 1.79 bits per heavy atom. The van der Waals surface area contributed by atoms with E-state index in [9.17, 15) is 13.2 Å². The number of benzene rings is 1. The number of thiophene rings is 1. The van der Waals surface area contributed by atoms with Crippen LogP contribution in [0, 0.1) is 0 Å². The number of carbonyl (C=O) groups is 1. The second-order valence-electron chi connectivity index (χ2n) is 6.42. The van der Waals surface area contributed by atoms with Crippen molar-refractivity contribution in [1.29, 1.82) is 0 Å². The maximum atomic E-state index is 12.6. The smallest absolute Gasteiger partial charge is 0.252 e. The van der Waals surface area contributed by atoms with Gasteiger partial charge in [-0.3, -0.25) is 4.79 Å². The number of rotatable bonds is 4. The predicted octanol–water partition coefficient (Wildman–Crippen LogP) is 2.84. The lowest BCUT2D eigenvalue weighted by molar-refractivity contribution is -0.127. The van der Waals surface area contributed by atoms with Gasteiger partial charge >= 0.3 is 0 Å². The molecule has 3 aromatic rings. The molecule has 144 valence electrons. The molecule has 28 heavy (non-hydrogen) atoms. The molecule has 0 N–H and O–H groups in total. The molecule has 6 nitrogen and oxygen atoms in total. The molecule has 0 saturated carbocycles. The molecule has 0 bridgehead atoms. The van der Waals surface area contributed by atoms with Crippen LogP contribution in [-0.4, -0.2) is 54.7 Å². The summed E-state index contributed by atoms with van der Waals surface area (Å²) in [6, 6.07) is 15.0. The van der Waals surface area contributed by atoms with Gasteiger partial charge in [0.1, 0.15) is 4.21 Å². The lowest BCUT2D eigenvalue weighted by Gasteiger charge is -2.33. The van der Waals surface area contributed by atoms with Crippen molar-refractivity contribution in [3.8, 4) is 0 Å². The van der Waals surface area contributed by atoms with Gasteiger partial charge in [0.15, 0.2) is 0 Å². The van der Waals surface area contributed by atoms with Gasteiger partial charge in [-0.15, -0.1) is 11.3 Å². The summed E-state index contributed by atoms with van der Waals surface area (Å²) >= 11 is 1.21. The normalized spacial score (nSPS) is 16.1. The molecule has 0 atom stereocenters. The molecule has 2 aromatic heterocycles. The molecule has 0 unspecified atom stereocenters. The van der Waals surface area contributed by atoms with Crippen molar-refractivity contribution < 1.29 is 13.2 Å². The predicted molar refractivity (Wildman–Crippen MR) is 110 cm³/mol. The highest BCUT2D eigenvalue weighted by Gasteiger charge is 2.30. The lowest BCUT2D eigenvalue weighted by atomic mass is 10.2. The Balaban J connectivity index is 1.39. The van der Waals surface area contributed by atoms with Crippen LogP contribution in [0.1, 0.15) is 5.69 Å². The first-order valence-electron chi connectivity index (χ1n) is 8.90. The zero-order chi connectivity index (χ0) is 19.6.